The lowest BCUT2D eigenvalue weighted by Crippen LogP contribution is -2.18. The third kappa shape index (κ3) is 5.23. The number of halogens is 1. The van der Waals surface area contributed by atoms with E-state index in [0.717, 1.165) is 5.56 Å². The molecule has 0 aliphatic carbocycles. The topological polar surface area (TPSA) is 83.4 Å². The van der Waals surface area contributed by atoms with E-state index in [-0.39, 0.29) is 11.8 Å². The quantitative estimate of drug-likeness (QED) is 0.524. The summed E-state index contributed by atoms with van der Waals surface area (Å²) in [6.45, 7) is 0. The summed E-state index contributed by atoms with van der Waals surface area (Å²) < 4.78 is 0. The lowest BCUT2D eigenvalue weighted by molar-refractivity contribution is 0.0953. The van der Waals surface area contributed by atoms with E-state index in [1.54, 1.807) is 73.1 Å². The van der Waals surface area contributed by atoms with Gasteiger partial charge in [0.1, 0.15) is 0 Å². The molecule has 3 aromatic rings. The van der Waals surface area contributed by atoms with Crippen LogP contribution in [0, 0.1) is 0 Å². The molecule has 2 N–H and O–H groups in total. The van der Waals surface area contributed by atoms with Gasteiger partial charge in [-0.05, 0) is 54.1 Å². The highest BCUT2D eigenvalue weighted by atomic mass is 35.5. The number of nitrogens with zero attached hydrogens (tertiary/aromatic N) is 2. The summed E-state index contributed by atoms with van der Waals surface area (Å²) in [6, 6.07) is 16.7. The van der Waals surface area contributed by atoms with E-state index in [1.165, 1.54) is 6.21 Å². The van der Waals surface area contributed by atoms with Crippen molar-refractivity contribution >= 4 is 35.3 Å². The van der Waals surface area contributed by atoms with Gasteiger partial charge in [-0.3, -0.25) is 14.6 Å². The summed E-state index contributed by atoms with van der Waals surface area (Å²) in [7, 11) is 0. The van der Waals surface area contributed by atoms with E-state index < -0.39 is 0 Å². The number of hydrogen-bond donors (Lipinski definition) is 2. The Morgan fingerprint density at radius 1 is 0.926 bits per heavy atom. The van der Waals surface area contributed by atoms with E-state index in [1.807, 2.05) is 0 Å². The number of nitrogens with one attached hydrogen (secondary N) is 2. The molecule has 0 aliphatic heterocycles. The lowest BCUT2D eigenvalue weighted by atomic mass is 10.1. The van der Waals surface area contributed by atoms with Gasteiger partial charge in [0.2, 0.25) is 0 Å². The molecule has 7 heteroatoms. The highest BCUT2D eigenvalue weighted by Gasteiger charge is 2.09. The molecule has 0 atom stereocenters. The Bertz CT molecular complexity index is 990. The number of carbonyl (C=O) groups is 2. The maximum absolute atomic E-state index is 12.3. The number of amides is 2. The molecule has 1 heterocycles. The van der Waals surface area contributed by atoms with Crippen molar-refractivity contribution in [1.29, 1.82) is 0 Å². The molecule has 134 valence electrons. The van der Waals surface area contributed by atoms with Crippen molar-refractivity contribution in [1.82, 2.24) is 10.4 Å². The zero-order valence-corrected chi connectivity index (χ0v) is 14.9. The maximum Gasteiger partial charge on any atom is 0.271 e. The molecule has 1 aromatic heterocycles. The molecule has 2 aromatic carbocycles. The predicted octanol–water partition coefficient (Wildman–Crippen LogP) is 3.75. The van der Waals surface area contributed by atoms with Crippen LogP contribution in [0.4, 0.5) is 5.69 Å². The molecule has 2 amide bonds. The molecular weight excluding hydrogens is 364 g/mol. The Balaban J connectivity index is 1.65. The summed E-state index contributed by atoms with van der Waals surface area (Å²) >= 11 is 5.90. The van der Waals surface area contributed by atoms with E-state index >= 15 is 0 Å². The van der Waals surface area contributed by atoms with Crippen LogP contribution in [0.25, 0.3) is 0 Å². The van der Waals surface area contributed by atoms with Crippen molar-refractivity contribution in [2.24, 2.45) is 5.10 Å². The van der Waals surface area contributed by atoms with Crippen LogP contribution in [0.15, 0.2) is 78.2 Å². The number of anilines is 1. The van der Waals surface area contributed by atoms with Crippen LogP contribution in [0.3, 0.4) is 0 Å². The average Bonchev–Trinajstić information content (AvgIpc) is 2.69. The molecule has 0 saturated heterocycles. The first-order valence-corrected chi connectivity index (χ1v) is 8.40. The number of carbonyl (C=O) groups excluding carboxylic acids is 2. The number of aromatic nitrogens is 1. The Labute approximate surface area is 160 Å². The van der Waals surface area contributed by atoms with Crippen LogP contribution in [0.2, 0.25) is 5.02 Å². The third-order valence-corrected chi connectivity index (χ3v) is 3.79. The lowest BCUT2D eigenvalue weighted by Gasteiger charge is -2.07. The summed E-state index contributed by atoms with van der Waals surface area (Å²) in [4.78, 5) is 28.4. The largest absolute Gasteiger partial charge is 0.322 e. The number of hydrogen-bond acceptors (Lipinski definition) is 4. The summed E-state index contributed by atoms with van der Waals surface area (Å²) in [5.74, 6) is -0.704. The van der Waals surface area contributed by atoms with Crippen LogP contribution in [0.1, 0.15) is 26.3 Å². The van der Waals surface area contributed by atoms with E-state index in [2.05, 4.69) is 20.8 Å². The van der Waals surface area contributed by atoms with Gasteiger partial charge in [-0.2, -0.15) is 5.10 Å². The van der Waals surface area contributed by atoms with Crippen molar-refractivity contribution in [3.8, 4) is 0 Å². The van der Waals surface area contributed by atoms with Crippen molar-refractivity contribution < 1.29 is 9.59 Å². The molecule has 27 heavy (non-hydrogen) atoms. The van der Waals surface area contributed by atoms with Gasteiger partial charge in [-0.25, -0.2) is 5.43 Å². The minimum Gasteiger partial charge on any atom is -0.322 e. The molecule has 3 rings (SSSR count). The van der Waals surface area contributed by atoms with Gasteiger partial charge >= 0.3 is 0 Å². The Morgan fingerprint density at radius 3 is 2.37 bits per heavy atom. The second kappa shape index (κ2) is 8.73. The molecule has 0 fully saturated rings. The van der Waals surface area contributed by atoms with Gasteiger partial charge in [-0.15, -0.1) is 0 Å². The molecule has 0 spiro atoms. The second-order valence-corrected chi connectivity index (χ2v) is 5.96. The van der Waals surface area contributed by atoms with E-state index in [4.69, 9.17) is 11.6 Å². The fraction of sp³-hybridized carbons (Fsp3) is 0. The summed E-state index contributed by atoms with van der Waals surface area (Å²) in [5, 5.41) is 7.13. The van der Waals surface area contributed by atoms with Crippen molar-refractivity contribution in [2.45, 2.75) is 0 Å². The van der Waals surface area contributed by atoms with Gasteiger partial charge in [0, 0.05) is 34.2 Å². The molecule has 0 aliphatic rings. The average molecular weight is 379 g/mol. The van der Waals surface area contributed by atoms with Gasteiger partial charge in [0.15, 0.2) is 0 Å². The van der Waals surface area contributed by atoms with Crippen LogP contribution in [-0.2, 0) is 0 Å². The Kier molecular flexibility index (Phi) is 5.91. The SMILES string of the molecule is O=C(N/N=C/c1ccncc1)c1cccc(NC(=O)c2cccc(Cl)c2)c1. The zero-order valence-electron chi connectivity index (χ0n) is 14.1. The van der Waals surface area contributed by atoms with Crippen LogP contribution in [-0.4, -0.2) is 23.0 Å². The van der Waals surface area contributed by atoms with E-state index in [9.17, 15) is 9.59 Å². The monoisotopic (exact) mass is 378 g/mol. The first kappa shape index (κ1) is 18.3. The van der Waals surface area contributed by atoms with Gasteiger partial charge in [0.05, 0.1) is 6.21 Å². The smallest absolute Gasteiger partial charge is 0.271 e. The van der Waals surface area contributed by atoms with E-state index in [0.29, 0.717) is 21.8 Å². The fourth-order valence-corrected chi connectivity index (χ4v) is 2.44. The van der Waals surface area contributed by atoms with Gasteiger partial charge < -0.3 is 5.32 Å². The molecule has 6 nitrogen and oxygen atoms in total. The van der Waals surface area contributed by atoms with Crippen molar-refractivity contribution in [3.63, 3.8) is 0 Å². The molecule has 0 bridgehead atoms. The Morgan fingerprint density at radius 2 is 1.63 bits per heavy atom. The number of hydrazone groups is 1. The summed E-state index contributed by atoms with van der Waals surface area (Å²) in [5.41, 5.74) is 4.55. The van der Waals surface area contributed by atoms with Crippen LogP contribution >= 0.6 is 11.6 Å². The maximum atomic E-state index is 12.3. The minimum absolute atomic E-state index is 0.314. The van der Waals surface area contributed by atoms with Crippen molar-refractivity contribution in [2.75, 3.05) is 5.32 Å². The van der Waals surface area contributed by atoms with Gasteiger partial charge in [0.25, 0.3) is 11.8 Å². The number of rotatable bonds is 5. The standard InChI is InChI=1S/C20H15ClN4O2/c21-17-5-1-3-15(11-17)19(26)24-18-6-2-4-16(12-18)20(27)25-23-13-14-7-9-22-10-8-14/h1-13H,(H,24,26)(H,25,27)/b23-13+. The number of benzene rings is 2. The molecule has 0 unspecified atom stereocenters. The zero-order chi connectivity index (χ0) is 19.1. The first-order chi connectivity index (χ1) is 13.1. The van der Waals surface area contributed by atoms with Crippen LogP contribution < -0.4 is 10.7 Å². The summed E-state index contributed by atoms with van der Waals surface area (Å²) in [6.07, 6.45) is 4.79. The normalized spacial score (nSPS) is 10.6. The highest BCUT2D eigenvalue weighted by molar-refractivity contribution is 6.31. The second-order valence-electron chi connectivity index (χ2n) is 5.52. The molecule has 0 saturated carbocycles. The minimum atomic E-state index is -0.390. The van der Waals surface area contributed by atoms with Crippen molar-refractivity contribution in [3.05, 3.63) is 94.8 Å². The highest BCUT2D eigenvalue weighted by Crippen LogP contribution is 2.15. The molecular formula is C20H15ClN4O2. The predicted molar refractivity (Wildman–Crippen MR) is 105 cm³/mol. The first-order valence-electron chi connectivity index (χ1n) is 8.02. The van der Waals surface area contributed by atoms with Gasteiger partial charge in [-0.1, -0.05) is 23.7 Å². The fourth-order valence-electron chi connectivity index (χ4n) is 2.25. The Hall–Kier alpha value is -3.51. The molecule has 0 radical (unpaired) electrons. The van der Waals surface area contributed by atoms with Crippen LogP contribution in [0.5, 0.6) is 0 Å². The third-order valence-electron chi connectivity index (χ3n) is 3.56. The number of pyridine rings is 1.